The third kappa shape index (κ3) is 7.06. The molecule has 0 aliphatic carbocycles. The summed E-state index contributed by atoms with van der Waals surface area (Å²) in [6, 6.07) is 9.37. The van der Waals surface area contributed by atoms with Crippen LogP contribution in [0, 0.1) is 0 Å². The molecule has 0 saturated carbocycles. The van der Waals surface area contributed by atoms with Gasteiger partial charge in [0.25, 0.3) is 0 Å². The summed E-state index contributed by atoms with van der Waals surface area (Å²) in [4.78, 5) is 10.5. The summed E-state index contributed by atoms with van der Waals surface area (Å²) in [5.74, 6) is -0.0359. The minimum atomic E-state index is -0.0359. The smallest absolute Gasteiger partial charge is 0.221 e. The first-order valence-corrected chi connectivity index (χ1v) is 4.11. The zero-order valence-electron chi connectivity index (χ0n) is 9.79. The average Bonchev–Trinajstić information content (AvgIpc) is 2.24. The molecule has 1 aromatic carbocycles. The molecule has 0 aliphatic rings. The summed E-state index contributed by atoms with van der Waals surface area (Å²) in [6.45, 7) is 5.49. The van der Waals surface area contributed by atoms with Crippen molar-refractivity contribution < 1.29 is 6.17 Å². The van der Waals surface area contributed by atoms with Crippen molar-refractivity contribution >= 4 is 11.6 Å². The van der Waals surface area contributed by atoms with E-state index in [0.717, 1.165) is 5.69 Å². The van der Waals surface area contributed by atoms with Gasteiger partial charge in [0.05, 0.1) is 0 Å². The van der Waals surface area contributed by atoms with Crippen LogP contribution in [0.5, 0.6) is 0 Å². The fourth-order valence-electron chi connectivity index (χ4n) is 0.725. The van der Waals surface area contributed by atoms with Gasteiger partial charge < -0.3 is 5.32 Å². The van der Waals surface area contributed by atoms with Crippen molar-refractivity contribution in [1.29, 1.82) is 0 Å². The molecule has 1 aromatic rings. The molecule has 0 bridgehead atoms. The van der Waals surface area contributed by atoms with E-state index in [4.69, 9.17) is 1.37 Å². The molecule has 0 aromatic heterocycles. The highest BCUT2D eigenvalue weighted by Gasteiger charge is 1.90. The predicted molar refractivity (Wildman–Crippen MR) is 58.8 cm³/mol. The molecule has 0 radical (unpaired) electrons. The summed E-state index contributed by atoms with van der Waals surface area (Å²) in [5.41, 5.74) is 0.843. The van der Waals surface area contributed by atoms with Crippen molar-refractivity contribution in [3.63, 3.8) is 0 Å². The molecule has 0 atom stereocenters. The van der Waals surface area contributed by atoms with Crippen molar-refractivity contribution in [1.82, 2.24) is 0 Å². The van der Waals surface area contributed by atoms with E-state index in [2.05, 4.69) is 5.32 Å². The lowest BCUT2D eigenvalue weighted by molar-refractivity contribution is -0.114. The Labute approximate surface area is 82.4 Å². The van der Waals surface area contributed by atoms with Gasteiger partial charge >= 0.3 is 0 Å². The Morgan fingerprint density at radius 3 is 2.15 bits per heavy atom. The number of rotatable bonds is 1. The molecule has 0 aliphatic heterocycles. The van der Waals surface area contributed by atoms with E-state index < -0.39 is 0 Å². The number of para-hydroxylation sites is 1. The fourth-order valence-corrected chi connectivity index (χ4v) is 0.725. The van der Waals surface area contributed by atoms with E-state index in [1.807, 2.05) is 44.2 Å². The minimum absolute atomic E-state index is 0.0359. The van der Waals surface area contributed by atoms with Crippen LogP contribution in [0.25, 0.3) is 0 Å². The first kappa shape index (κ1) is 11.7. The third-order valence-corrected chi connectivity index (χ3v) is 1.09. The van der Waals surface area contributed by atoms with Crippen LogP contribution in [0.4, 0.5) is 5.69 Å². The Balaban J connectivity index is 0. The largest absolute Gasteiger partial charge is 0.326 e. The lowest BCUT2D eigenvalue weighted by atomic mass is 10.3. The number of carbonyl (C=O) groups excluding carboxylic acids is 1. The summed E-state index contributed by atoms with van der Waals surface area (Å²) in [6.07, 6.45) is 0. The highest BCUT2D eigenvalue weighted by atomic mass is 16.1. The van der Waals surface area contributed by atoms with Crippen LogP contribution in [-0.2, 0) is 4.79 Å². The van der Waals surface area contributed by atoms with Crippen LogP contribution in [0.3, 0.4) is 0 Å². The van der Waals surface area contributed by atoms with Gasteiger partial charge in [-0.25, -0.2) is 0 Å². The SMILES string of the molecule is CC.CC(=O)Nc1ccccc1.[2H]C. The maximum atomic E-state index is 10.5. The van der Waals surface area contributed by atoms with E-state index in [1.54, 1.807) is 0 Å². The number of hydrogen-bond donors (Lipinski definition) is 1. The second-order valence-corrected chi connectivity index (χ2v) is 2.05. The average molecular weight is 182 g/mol. The molecule has 1 amide bonds. The van der Waals surface area contributed by atoms with Crippen molar-refractivity contribution in [2.45, 2.75) is 28.2 Å². The number of hydrogen-bond acceptors (Lipinski definition) is 1. The van der Waals surface area contributed by atoms with Gasteiger partial charge in [-0.05, 0) is 12.1 Å². The molecule has 0 saturated heterocycles. The van der Waals surface area contributed by atoms with Gasteiger partial charge in [0.2, 0.25) is 5.91 Å². The maximum absolute atomic E-state index is 10.5. The summed E-state index contributed by atoms with van der Waals surface area (Å²) in [7, 11) is 1.25. The number of anilines is 1. The Morgan fingerprint density at radius 1 is 1.31 bits per heavy atom. The van der Waals surface area contributed by atoms with Gasteiger partial charge in [0.1, 0.15) is 0 Å². The van der Waals surface area contributed by atoms with Crippen molar-refractivity contribution in [3.8, 4) is 0 Å². The quantitative estimate of drug-likeness (QED) is 0.709. The Kier molecular flexibility index (Phi) is 7.90. The fraction of sp³-hybridized carbons (Fsp3) is 0.364. The Morgan fingerprint density at radius 2 is 1.77 bits per heavy atom. The van der Waals surface area contributed by atoms with E-state index in [-0.39, 0.29) is 5.91 Å². The maximum Gasteiger partial charge on any atom is 0.221 e. The van der Waals surface area contributed by atoms with E-state index in [0.29, 0.717) is 0 Å². The second-order valence-electron chi connectivity index (χ2n) is 2.05. The highest BCUT2D eigenvalue weighted by molar-refractivity contribution is 5.88. The van der Waals surface area contributed by atoms with Crippen LogP contribution < -0.4 is 5.32 Å². The van der Waals surface area contributed by atoms with Crippen LogP contribution in [-0.4, -0.2) is 5.91 Å². The van der Waals surface area contributed by atoms with Gasteiger partial charge in [-0.1, -0.05) is 39.4 Å². The molecule has 0 heterocycles. The van der Waals surface area contributed by atoms with Gasteiger partial charge in [-0.3, -0.25) is 4.79 Å². The Bertz CT molecular complexity index is 224. The molecule has 2 nitrogen and oxygen atoms in total. The summed E-state index contributed by atoms with van der Waals surface area (Å²) >= 11 is 0. The first-order chi connectivity index (χ1) is 6.79. The standard InChI is InChI=1S/C8H9NO.C2H6.CH4/c1-7(10)9-8-5-3-2-4-6-8;1-2;/h2-6H,1H3,(H,9,10);1-2H3;1H4/i;;1D. The molecule has 2 heteroatoms. The number of nitrogens with one attached hydrogen (secondary N) is 1. The van der Waals surface area contributed by atoms with Gasteiger partial charge in [0.15, 0.2) is 0 Å². The second kappa shape index (κ2) is 8.78. The van der Waals surface area contributed by atoms with Crippen molar-refractivity contribution in [2.24, 2.45) is 0 Å². The van der Waals surface area contributed by atoms with Crippen LogP contribution in [0.2, 0.25) is 0 Å². The molecule has 74 valence electrons. The van der Waals surface area contributed by atoms with Crippen LogP contribution in [0.15, 0.2) is 30.3 Å². The first-order valence-electron chi connectivity index (χ1n) is 5.11. The number of amides is 1. The lowest BCUT2D eigenvalue weighted by Crippen LogP contribution is -2.04. The minimum Gasteiger partial charge on any atom is -0.326 e. The molecule has 1 N–H and O–H groups in total. The van der Waals surface area contributed by atoms with Gasteiger partial charge in [0, 0.05) is 14.0 Å². The molecule has 0 spiro atoms. The molecule has 0 fully saturated rings. The molecule has 0 unspecified atom stereocenters. The normalized spacial score (nSPS) is 7.85. The predicted octanol–water partition coefficient (Wildman–Crippen LogP) is 3.31. The van der Waals surface area contributed by atoms with Crippen molar-refractivity contribution in [3.05, 3.63) is 30.3 Å². The third-order valence-electron chi connectivity index (χ3n) is 1.09. The Hall–Kier alpha value is -1.31. The summed E-state index contributed by atoms with van der Waals surface area (Å²) in [5, 5.41) is 2.67. The highest BCUT2D eigenvalue weighted by Crippen LogP contribution is 2.03. The summed E-state index contributed by atoms with van der Waals surface area (Å²) < 4.78 is 5.75. The zero-order chi connectivity index (χ0) is 11.4. The topological polar surface area (TPSA) is 29.1 Å². The number of carbonyl (C=O) groups is 1. The monoisotopic (exact) mass is 182 g/mol. The lowest BCUT2D eigenvalue weighted by Gasteiger charge is -1.98. The molecular formula is C11H19NO. The van der Waals surface area contributed by atoms with Crippen LogP contribution in [0.1, 0.15) is 29.5 Å². The number of benzene rings is 1. The van der Waals surface area contributed by atoms with Crippen molar-refractivity contribution in [2.75, 3.05) is 5.32 Å². The van der Waals surface area contributed by atoms with Gasteiger partial charge in [-0.2, -0.15) is 0 Å². The zero-order valence-corrected chi connectivity index (χ0v) is 8.79. The van der Waals surface area contributed by atoms with E-state index in [9.17, 15) is 4.79 Å². The van der Waals surface area contributed by atoms with Crippen LogP contribution >= 0.6 is 0 Å². The molecule has 1 rings (SSSR count). The molecular weight excluding hydrogens is 162 g/mol. The van der Waals surface area contributed by atoms with E-state index in [1.165, 1.54) is 14.3 Å². The van der Waals surface area contributed by atoms with Gasteiger partial charge in [-0.15, -0.1) is 0 Å². The van der Waals surface area contributed by atoms with E-state index >= 15 is 0 Å². The molecule has 13 heavy (non-hydrogen) atoms.